The van der Waals surface area contributed by atoms with Gasteiger partial charge >= 0.3 is 12.1 Å². The topological polar surface area (TPSA) is 128 Å². The number of β-lactam (4-membered cyclic amide) rings is 1. The highest BCUT2D eigenvalue weighted by atomic mass is 16.6. The molecule has 1 fully saturated rings. The lowest BCUT2D eigenvalue weighted by molar-refractivity contribution is -0.198. The number of Topliss-reactive ketones (excluding diaryl/α,β-unsaturated/α-hetero) is 1. The molecule has 2 aromatic rings. The van der Waals surface area contributed by atoms with E-state index in [2.05, 4.69) is 5.32 Å². The van der Waals surface area contributed by atoms with Gasteiger partial charge in [0.25, 0.3) is 5.91 Å². The number of ketones is 1. The minimum atomic E-state index is -1.32. The normalized spacial score (nSPS) is 18.7. The molecule has 0 bridgehead atoms. The number of esters is 1. The number of hydrazine groups is 1. The van der Waals surface area contributed by atoms with Gasteiger partial charge in [-0.3, -0.25) is 14.4 Å². The molecule has 1 saturated heterocycles. The third kappa shape index (κ3) is 4.64. The van der Waals surface area contributed by atoms with Crippen LogP contribution in [-0.2, 0) is 30.5 Å². The second-order valence-corrected chi connectivity index (χ2v) is 6.68. The summed E-state index contributed by atoms with van der Waals surface area (Å²) in [5.41, 5.74) is 1.22. The largest absolute Gasteiger partial charge is 0.445 e. The molecular formula is C21H21N3O6. The predicted molar refractivity (Wildman–Crippen MR) is 104 cm³/mol. The quantitative estimate of drug-likeness (QED) is 0.232. The second-order valence-electron chi connectivity index (χ2n) is 6.68. The van der Waals surface area contributed by atoms with Crippen molar-refractivity contribution in [2.24, 2.45) is 11.8 Å². The van der Waals surface area contributed by atoms with E-state index in [0.717, 1.165) is 12.5 Å². The molecule has 0 aliphatic carbocycles. The highest BCUT2D eigenvalue weighted by molar-refractivity contribution is 6.09. The van der Waals surface area contributed by atoms with Crippen LogP contribution < -0.4 is 11.2 Å². The van der Waals surface area contributed by atoms with Crippen molar-refractivity contribution in [3.05, 3.63) is 71.8 Å². The maximum Gasteiger partial charge on any atom is 0.408 e. The van der Waals surface area contributed by atoms with Gasteiger partial charge in [0.05, 0.1) is 0 Å². The first kappa shape index (κ1) is 21.0. The Hall–Kier alpha value is -3.72. The van der Waals surface area contributed by atoms with Gasteiger partial charge in [-0.05, 0) is 11.1 Å². The Morgan fingerprint density at radius 1 is 1.07 bits per heavy atom. The Morgan fingerprint density at radius 2 is 1.67 bits per heavy atom. The van der Waals surface area contributed by atoms with E-state index in [1.165, 1.54) is 0 Å². The van der Waals surface area contributed by atoms with Crippen LogP contribution in [0.3, 0.4) is 0 Å². The molecule has 3 atom stereocenters. The maximum atomic E-state index is 13.1. The van der Waals surface area contributed by atoms with E-state index in [4.69, 9.17) is 15.3 Å². The summed E-state index contributed by atoms with van der Waals surface area (Å²) in [5, 5.41) is 3.18. The monoisotopic (exact) mass is 411 g/mol. The number of amides is 2. The lowest BCUT2D eigenvalue weighted by Gasteiger charge is -2.42. The van der Waals surface area contributed by atoms with Crippen molar-refractivity contribution >= 4 is 23.8 Å². The summed E-state index contributed by atoms with van der Waals surface area (Å²) in [6.07, 6.45) is -2.06. The van der Waals surface area contributed by atoms with Crippen molar-refractivity contribution in [2.75, 3.05) is 0 Å². The van der Waals surface area contributed by atoms with E-state index >= 15 is 0 Å². The molecule has 2 aromatic carbocycles. The second kappa shape index (κ2) is 9.19. The van der Waals surface area contributed by atoms with Gasteiger partial charge in [-0.2, -0.15) is 0 Å². The number of nitrogens with zero attached hydrogens (tertiary/aromatic N) is 1. The Morgan fingerprint density at radius 3 is 2.27 bits per heavy atom. The SMILES string of the molecule is CC(=O)O[C@H]1[C@@H](C(=O)C(NC(=O)OCc2ccccc2)c2ccccc2)C(=O)N1N. The number of carbonyl (C=O) groups is 4. The zero-order valence-corrected chi connectivity index (χ0v) is 16.2. The summed E-state index contributed by atoms with van der Waals surface area (Å²) in [6.45, 7) is 1.16. The molecular weight excluding hydrogens is 390 g/mol. The minimum absolute atomic E-state index is 0.0113. The molecule has 1 aliphatic heterocycles. The number of nitrogens with one attached hydrogen (secondary N) is 1. The number of rotatable bonds is 7. The van der Waals surface area contributed by atoms with E-state index in [1.807, 2.05) is 18.2 Å². The summed E-state index contributed by atoms with van der Waals surface area (Å²) >= 11 is 0. The van der Waals surface area contributed by atoms with Gasteiger partial charge < -0.3 is 14.8 Å². The first-order valence-electron chi connectivity index (χ1n) is 9.19. The number of nitrogens with two attached hydrogens (primary N) is 1. The van der Waals surface area contributed by atoms with Crippen molar-refractivity contribution in [3.8, 4) is 0 Å². The van der Waals surface area contributed by atoms with Crippen LogP contribution in [0.1, 0.15) is 24.1 Å². The number of ether oxygens (including phenoxy) is 2. The fraction of sp³-hybridized carbons (Fsp3) is 0.238. The maximum absolute atomic E-state index is 13.1. The summed E-state index contributed by atoms with van der Waals surface area (Å²) < 4.78 is 10.2. The van der Waals surface area contributed by atoms with E-state index < -0.39 is 41.9 Å². The van der Waals surface area contributed by atoms with E-state index in [0.29, 0.717) is 10.6 Å². The van der Waals surface area contributed by atoms with Gasteiger partial charge in [0.15, 0.2) is 11.7 Å². The third-order valence-electron chi connectivity index (χ3n) is 4.57. The van der Waals surface area contributed by atoms with Gasteiger partial charge in [-0.25, -0.2) is 15.6 Å². The number of carbonyl (C=O) groups excluding carboxylic acids is 4. The Labute approximate surface area is 172 Å². The molecule has 1 heterocycles. The standard InChI is InChI=1S/C21H21N3O6/c1-13(25)30-20-16(19(27)24(20)22)18(26)17(15-10-6-3-7-11-15)23-21(28)29-12-14-8-4-2-5-9-14/h2-11,16-17,20H,12,22H2,1H3,(H,23,28)/t16-,17?,20-/m0/s1. The van der Waals surface area contributed by atoms with E-state index in [9.17, 15) is 19.2 Å². The molecule has 0 spiro atoms. The molecule has 2 amide bonds. The Bertz CT molecular complexity index is 934. The van der Waals surface area contributed by atoms with Crippen LogP contribution in [0, 0.1) is 5.92 Å². The molecule has 9 nitrogen and oxygen atoms in total. The lowest BCUT2D eigenvalue weighted by Crippen LogP contribution is -2.68. The van der Waals surface area contributed by atoms with Gasteiger partial charge in [0.1, 0.15) is 12.6 Å². The van der Waals surface area contributed by atoms with Crippen LogP contribution in [0.5, 0.6) is 0 Å². The molecule has 0 aromatic heterocycles. The van der Waals surface area contributed by atoms with Crippen LogP contribution in [-0.4, -0.2) is 35.0 Å². The molecule has 0 radical (unpaired) electrons. The molecule has 0 saturated carbocycles. The molecule has 9 heteroatoms. The smallest absolute Gasteiger partial charge is 0.408 e. The van der Waals surface area contributed by atoms with Crippen LogP contribution in [0.4, 0.5) is 4.79 Å². The van der Waals surface area contributed by atoms with Crippen LogP contribution in [0.25, 0.3) is 0 Å². The number of benzene rings is 2. The van der Waals surface area contributed by atoms with Crippen LogP contribution >= 0.6 is 0 Å². The minimum Gasteiger partial charge on any atom is -0.445 e. The molecule has 1 unspecified atom stereocenters. The fourth-order valence-electron chi connectivity index (χ4n) is 3.07. The predicted octanol–water partition coefficient (Wildman–Crippen LogP) is 1.44. The molecule has 3 N–H and O–H groups in total. The first-order valence-corrected chi connectivity index (χ1v) is 9.19. The van der Waals surface area contributed by atoms with Crippen molar-refractivity contribution in [3.63, 3.8) is 0 Å². The number of hydrogen-bond acceptors (Lipinski definition) is 7. The number of hydrogen-bond donors (Lipinski definition) is 2. The van der Waals surface area contributed by atoms with Gasteiger partial charge in [0, 0.05) is 6.92 Å². The van der Waals surface area contributed by atoms with Crippen molar-refractivity contribution in [1.29, 1.82) is 0 Å². The zero-order valence-electron chi connectivity index (χ0n) is 16.2. The van der Waals surface area contributed by atoms with Crippen molar-refractivity contribution in [2.45, 2.75) is 25.8 Å². The van der Waals surface area contributed by atoms with Crippen LogP contribution in [0.2, 0.25) is 0 Å². The first-order chi connectivity index (χ1) is 14.4. The molecule has 1 aliphatic rings. The zero-order chi connectivity index (χ0) is 21.7. The molecule has 156 valence electrons. The van der Waals surface area contributed by atoms with Crippen molar-refractivity contribution < 1.29 is 28.7 Å². The lowest BCUT2D eigenvalue weighted by atomic mass is 9.86. The summed E-state index contributed by atoms with van der Waals surface area (Å²) in [6, 6.07) is 16.2. The summed E-state index contributed by atoms with van der Waals surface area (Å²) in [5.74, 6) is 2.17. The van der Waals surface area contributed by atoms with E-state index in [1.54, 1.807) is 42.5 Å². The van der Waals surface area contributed by atoms with Gasteiger partial charge in [-0.15, -0.1) is 0 Å². The molecule has 30 heavy (non-hydrogen) atoms. The number of alkyl carbamates (subject to hydrolysis) is 1. The summed E-state index contributed by atoms with van der Waals surface area (Å²) in [4.78, 5) is 48.9. The van der Waals surface area contributed by atoms with Crippen LogP contribution in [0.15, 0.2) is 60.7 Å². The summed E-state index contributed by atoms with van der Waals surface area (Å²) in [7, 11) is 0. The van der Waals surface area contributed by atoms with E-state index in [-0.39, 0.29) is 6.61 Å². The van der Waals surface area contributed by atoms with Gasteiger partial charge in [-0.1, -0.05) is 60.7 Å². The average molecular weight is 411 g/mol. The highest BCUT2D eigenvalue weighted by Gasteiger charge is 2.54. The average Bonchev–Trinajstić information content (AvgIpc) is 2.76. The van der Waals surface area contributed by atoms with Gasteiger partial charge in [0.2, 0.25) is 6.23 Å². The highest BCUT2D eigenvalue weighted by Crippen LogP contribution is 2.30. The Balaban J connectivity index is 1.75. The van der Waals surface area contributed by atoms with Crippen molar-refractivity contribution in [1.82, 2.24) is 10.3 Å². The third-order valence-corrected chi connectivity index (χ3v) is 4.57. The Kier molecular flexibility index (Phi) is 6.43. The molecule has 3 rings (SSSR count). The fourth-order valence-corrected chi connectivity index (χ4v) is 3.07.